The summed E-state index contributed by atoms with van der Waals surface area (Å²) in [6, 6.07) is 0. The highest BCUT2D eigenvalue weighted by Gasteiger charge is 2.07. The standard InChI is InChI=1S/C11H15ClN6S/c1-4-7-5-13-8(19-7)6-14-10-15-9(12)16-11(17-10)18(2)3/h5H,4,6H2,1-3H3,(H,14,15,16,17). The average molecular weight is 299 g/mol. The van der Waals surface area contributed by atoms with Crippen molar-refractivity contribution in [2.75, 3.05) is 24.3 Å². The largest absolute Gasteiger partial charge is 0.348 e. The van der Waals surface area contributed by atoms with E-state index in [0.717, 1.165) is 11.4 Å². The third-order valence-corrected chi connectivity index (χ3v) is 3.65. The number of aromatic nitrogens is 4. The third-order valence-electron chi connectivity index (χ3n) is 2.34. The first-order valence-electron chi connectivity index (χ1n) is 5.85. The summed E-state index contributed by atoms with van der Waals surface area (Å²) in [6.07, 6.45) is 2.90. The zero-order valence-electron chi connectivity index (χ0n) is 11.0. The smallest absolute Gasteiger partial charge is 0.230 e. The predicted molar refractivity (Wildman–Crippen MR) is 78.0 cm³/mol. The van der Waals surface area contributed by atoms with Crippen molar-refractivity contribution >= 4 is 34.8 Å². The highest BCUT2D eigenvalue weighted by Crippen LogP contribution is 2.16. The Hall–Kier alpha value is -1.47. The molecule has 8 heteroatoms. The number of aryl methyl sites for hydroxylation is 1. The third kappa shape index (κ3) is 3.74. The summed E-state index contributed by atoms with van der Waals surface area (Å²) in [5, 5.41) is 4.28. The topological polar surface area (TPSA) is 66.8 Å². The van der Waals surface area contributed by atoms with Crippen molar-refractivity contribution < 1.29 is 0 Å². The van der Waals surface area contributed by atoms with Gasteiger partial charge in [0.05, 0.1) is 6.54 Å². The summed E-state index contributed by atoms with van der Waals surface area (Å²) in [5.41, 5.74) is 0. The Kier molecular flexibility index (Phi) is 4.49. The van der Waals surface area contributed by atoms with E-state index in [2.05, 4.69) is 32.2 Å². The molecule has 0 atom stereocenters. The van der Waals surface area contributed by atoms with E-state index in [1.54, 1.807) is 16.2 Å². The van der Waals surface area contributed by atoms with Gasteiger partial charge in [-0.2, -0.15) is 15.0 Å². The molecule has 0 saturated heterocycles. The molecule has 0 aliphatic heterocycles. The Bertz CT molecular complexity index is 556. The molecule has 2 rings (SSSR count). The molecule has 0 bridgehead atoms. The minimum Gasteiger partial charge on any atom is -0.348 e. The Morgan fingerprint density at radius 3 is 2.74 bits per heavy atom. The summed E-state index contributed by atoms with van der Waals surface area (Å²) >= 11 is 7.54. The van der Waals surface area contributed by atoms with Crippen LogP contribution < -0.4 is 10.2 Å². The molecule has 0 aromatic carbocycles. The number of halogens is 1. The summed E-state index contributed by atoms with van der Waals surface area (Å²) in [7, 11) is 3.70. The number of nitrogens with one attached hydrogen (secondary N) is 1. The molecule has 1 N–H and O–H groups in total. The van der Waals surface area contributed by atoms with Crippen molar-refractivity contribution in [1.82, 2.24) is 19.9 Å². The van der Waals surface area contributed by atoms with Crippen LogP contribution in [0.2, 0.25) is 5.28 Å². The van der Waals surface area contributed by atoms with E-state index >= 15 is 0 Å². The number of hydrogen-bond acceptors (Lipinski definition) is 7. The van der Waals surface area contributed by atoms with Crippen molar-refractivity contribution in [3.8, 4) is 0 Å². The van der Waals surface area contributed by atoms with Crippen molar-refractivity contribution in [2.45, 2.75) is 19.9 Å². The summed E-state index contributed by atoms with van der Waals surface area (Å²) in [5.74, 6) is 0.979. The van der Waals surface area contributed by atoms with Crippen molar-refractivity contribution in [2.24, 2.45) is 0 Å². The Labute approximate surface area is 120 Å². The maximum absolute atomic E-state index is 5.86. The fourth-order valence-electron chi connectivity index (χ4n) is 1.37. The first-order valence-corrected chi connectivity index (χ1v) is 7.04. The van der Waals surface area contributed by atoms with Gasteiger partial charge in [0.25, 0.3) is 0 Å². The van der Waals surface area contributed by atoms with Gasteiger partial charge in [0, 0.05) is 25.2 Å². The molecule has 2 aromatic rings. The number of hydrogen-bond donors (Lipinski definition) is 1. The minimum absolute atomic E-state index is 0.176. The molecule has 0 fully saturated rings. The summed E-state index contributed by atoms with van der Waals surface area (Å²) in [6.45, 7) is 2.69. The lowest BCUT2D eigenvalue weighted by Gasteiger charge is -2.11. The molecule has 19 heavy (non-hydrogen) atoms. The monoisotopic (exact) mass is 298 g/mol. The molecule has 6 nitrogen and oxygen atoms in total. The van der Waals surface area contributed by atoms with Gasteiger partial charge in [-0.15, -0.1) is 11.3 Å². The van der Waals surface area contributed by atoms with Gasteiger partial charge in [-0.25, -0.2) is 4.98 Å². The number of nitrogens with zero attached hydrogens (tertiary/aromatic N) is 5. The molecule has 0 aliphatic carbocycles. The average Bonchev–Trinajstić information content (AvgIpc) is 2.83. The molecular formula is C11H15ClN6S. The molecule has 2 heterocycles. The maximum atomic E-state index is 5.86. The van der Waals surface area contributed by atoms with Crippen molar-refractivity contribution in [1.29, 1.82) is 0 Å². The van der Waals surface area contributed by atoms with E-state index in [9.17, 15) is 0 Å². The van der Waals surface area contributed by atoms with Crippen LogP contribution in [0.25, 0.3) is 0 Å². The van der Waals surface area contributed by atoms with E-state index in [-0.39, 0.29) is 5.28 Å². The minimum atomic E-state index is 0.176. The van der Waals surface area contributed by atoms with E-state index in [0.29, 0.717) is 18.4 Å². The highest BCUT2D eigenvalue weighted by molar-refractivity contribution is 7.11. The van der Waals surface area contributed by atoms with Gasteiger partial charge in [-0.1, -0.05) is 6.92 Å². The van der Waals surface area contributed by atoms with Gasteiger partial charge in [-0.05, 0) is 18.0 Å². The van der Waals surface area contributed by atoms with Crippen LogP contribution in [0.3, 0.4) is 0 Å². The molecule has 0 unspecified atom stereocenters. The van der Waals surface area contributed by atoms with Crippen LogP contribution in [0.1, 0.15) is 16.8 Å². The molecular weight excluding hydrogens is 284 g/mol. The van der Waals surface area contributed by atoms with Crippen LogP contribution in [0.5, 0.6) is 0 Å². The first-order chi connectivity index (χ1) is 9.08. The molecule has 0 aliphatic rings. The first kappa shape index (κ1) is 14.0. The van der Waals surface area contributed by atoms with Crippen LogP contribution >= 0.6 is 22.9 Å². The van der Waals surface area contributed by atoms with Gasteiger partial charge >= 0.3 is 0 Å². The zero-order valence-corrected chi connectivity index (χ0v) is 12.6. The molecule has 0 spiro atoms. The van der Waals surface area contributed by atoms with Crippen LogP contribution in [0, 0.1) is 0 Å². The molecule has 0 radical (unpaired) electrons. The second-order valence-electron chi connectivity index (χ2n) is 4.05. The summed E-state index contributed by atoms with van der Waals surface area (Å²) in [4.78, 5) is 19.7. The number of anilines is 2. The predicted octanol–water partition coefficient (Wildman–Crippen LogP) is 2.22. The maximum Gasteiger partial charge on any atom is 0.230 e. The van der Waals surface area contributed by atoms with E-state index < -0.39 is 0 Å². The van der Waals surface area contributed by atoms with Gasteiger partial charge in [0.15, 0.2) is 0 Å². The Balaban J connectivity index is 2.06. The lowest BCUT2D eigenvalue weighted by atomic mass is 10.4. The molecule has 0 amide bonds. The van der Waals surface area contributed by atoms with E-state index in [1.807, 2.05) is 20.3 Å². The van der Waals surface area contributed by atoms with Gasteiger partial charge < -0.3 is 10.2 Å². The number of thiazole rings is 1. The zero-order chi connectivity index (χ0) is 13.8. The second kappa shape index (κ2) is 6.12. The van der Waals surface area contributed by atoms with Crippen LogP contribution in [-0.2, 0) is 13.0 Å². The highest BCUT2D eigenvalue weighted by atomic mass is 35.5. The molecule has 0 saturated carbocycles. The van der Waals surface area contributed by atoms with Crippen molar-refractivity contribution in [3.05, 3.63) is 21.4 Å². The van der Waals surface area contributed by atoms with Crippen LogP contribution in [0.4, 0.5) is 11.9 Å². The lowest BCUT2D eigenvalue weighted by Crippen LogP contribution is -2.15. The Morgan fingerprint density at radius 1 is 1.32 bits per heavy atom. The number of rotatable bonds is 5. The quantitative estimate of drug-likeness (QED) is 0.913. The van der Waals surface area contributed by atoms with Gasteiger partial charge in [-0.3, -0.25) is 0 Å². The molecule has 102 valence electrons. The van der Waals surface area contributed by atoms with E-state index in [4.69, 9.17) is 11.6 Å². The fraction of sp³-hybridized carbons (Fsp3) is 0.455. The SMILES string of the molecule is CCc1cnc(CNc2nc(Cl)nc(N(C)C)n2)s1. The second-order valence-corrected chi connectivity index (χ2v) is 5.59. The Morgan fingerprint density at radius 2 is 2.11 bits per heavy atom. The normalized spacial score (nSPS) is 10.5. The lowest BCUT2D eigenvalue weighted by molar-refractivity contribution is 0.940. The van der Waals surface area contributed by atoms with Gasteiger partial charge in [0.1, 0.15) is 5.01 Å². The van der Waals surface area contributed by atoms with Crippen LogP contribution in [0.15, 0.2) is 6.20 Å². The molecule has 2 aromatic heterocycles. The van der Waals surface area contributed by atoms with Crippen molar-refractivity contribution in [3.63, 3.8) is 0 Å². The fourth-order valence-corrected chi connectivity index (χ4v) is 2.32. The van der Waals surface area contributed by atoms with Crippen LogP contribution in [-0.4, -0.2) is 34.0 Å². The summed E-state index contributed by atoms with van der Waals surface area (Å²) < 4.78 is 0. The van der Waals surface area contributed by atoms with Gasteiger partial charge in [0.2, 0.25) is 17.2 Å². The van der Waals surface area contributed by atoms with E-state index in [1.165, 1.54) is 4.88 Å².